The Kier molecular flexibility index (Phi) is 4.26. The Morgan fingerprint density at radius 1 is 1.54 bits per heavy atom. The summed E-state index contributed by atoms with van der Waals surface area (Å²) in [6.45, 7) is 5.34. The average Bonchev–Trinajstić information content (AvgIpc) is 2.51. The zero-order valence-corrected chi connectivity index (χ0v) is 8.81. The molecule has 1 amide bonds. The Morgan fingerprint density at radius 2 is 2.31 bits per heavy atom. The SMILES string of the molecule is CCCC(CC)CC1CCNC1=O. The van der Waals surface area contributed by atoms with Crippen LogP contribution in [0.2, 0.25) is 0 Å². The van der Waals surface area contributed by atoms with Crippen molar-refractivity contribution in [3.05, 3.63) is 0 Å². The van der Waals surface area contributed by atoms with Crippen LogP contribution in [0.1, 0.15) is 46.0 Å². The van der Waals surface area contributed by atoms with Gasteiger partial charge >= 0.3 is 0 Å². The predicted octanol–water partition coefficient (Wildman–Crippen LogP) is 2.34. The molecule has 0 radical (unpaired) electrons. The van der Waals surface area contributed by atoms with Gasteiger partial charge in [0.05, 0.1) is 0 Å². The molecule has 0 spiro atoms. The van der Waals surface area contributed by atoms with Crippen molar-refractivity contribution >= 4 is 5.91 Å². The maximum absolute atomic E-state index is 11.3. The third kappa shape index (κ3) is 3.02. The van der Waals surface area contributed by atoms with Gasteiger partial charge < -0.3 is 5.32 Å². The number of rotatable bonds is 5. The highest BCUT2D eigenvalue weighted by Gasteiger charge is 2.25. The summed E-state index contributed by atoms with van der Waals surface area (Å²) in [6.07, 6.45) is 5.90. The Balaban J connectivity index is 2.31. The molecule has 76 valence electrons. The van der Waals surface area contributed by atoms with Crippen LogP contribution in [-0.4, -0.2) is 12.5 Å². The fourth-order valence-corrected chi connectivity index (χ4v) is 2.17. The minimum Gasteiger partial charge on any atom is -0.356 e. The standard InChI is InChI=1S/C11H21NO/c1-3-5-9(4-2)8-10-6-7-12-11(10)13/h9-10H,3-8H2,1-2H3,(H,12,13). The molecule has 13 heavy (non-hydrogen) atoms. The van der Waals surface area contributed by atoms with Crippen molar-refractivity contribution in [1.29, 1.82) is 0 Å². The Morgan fingerprint density at radius 3 is 2.77 bits per heavy atom. The van der Waals surface area contributed by atoms with Gasteiger partial charge in [0.15, 0.2) is 0 Å². The molecule has 0 saturated carbocycles. The van der Waals surface area contributed by atoms with Crippen LogP contribution in [0.3, 0.4) is 0 Å². The van der Waals surface area contributed by atoms with E-state index in [0.717, 1.165) is 25.3 Å². The molecule has 2 unspecified atom stereocenters. The first-order valence-corrected chi connectivity index (χ1v) is 5.55. The Labute approximate surface area is 81.1 Å². The lowest BCUT2D eigenvalue weighted by molar-refractivity contribution is -0.122. The smallest absolute Gasteiger partial charge is 0.223 e. The zero-order chi connectivity index (χ0) is 9.68. The highest BCUT2D eigenvalue weighted by atomic mass is 16.2. The third-order valence-corrected chi connectivity index (χ3v) is 3.05. The lowest BCUT2D eigenvalue weighted by Crippen LogP contribution is -2.20. The summed E-state index contributed by atoms with van der Waals surface area (Å²) in [5.41, 5.74) is 0. The van der Waals surface area contributed by atoms with Gasteiger partial charge in [-0.15, -0.1) is 0 Å². The van der Waals surface area contributed by atoms with Crippen molar-refractivity contribution in [2.75, 3.05) is 6.54 Å². The highest BCUT2D eigenvalue weighted by Crippen LogP contribution is 2.24. The van der Waals surface area contributed by atoms with E-state index in [-0.39, 0.29) is 5.91 Å². The van der Waals surface area contributed by atoms with Crippen molar-refractivity contribution in [3.8, 4) is 0 Å². The first-order valence-electron chi connectivity index (χ1n) is 5.55. The van der Waals surface area contributed by atoms with Crippen molar-refractivity contribution in [3.63, 3.8) is 0 Å². The first-order chi connectivity index (χ1) is 6.27. The van der Waals surface area contributed by atoms with Crippen LogP contribution in [0.4, 0.5) is 0 Å². The molecule has 1 fully saturated rings. The summed E-state index contributed by atoms with van der Waals surface area (Å²) in [6, 6.07) is 0. The molecular formula is C11H21NO. The van der Waals surface area contributed by atoms with E-state index >= 15 is 0 Å². The molecule has 0 bridgehead atoms. The van der Waals surface area contributed by atoms with Crippen molar-refractivity contribution in [2.24, 2.45) is 11.8 Å². The predicted molar refractivity (Wildman–Crippen MR) is 54.4 cm³/mol. The van der Waals surface area contributed by atoms with Gasteiger partial charge in [-0.1, -0.05) is 33.1 Å². The number of carbonyl (C=O) groups is 1. The Hall–Kier alpha value is -0.530. The highest BCUT2D eigenvalue weighted by molar-refractivity contribution is 5.80. The number of hydrogen-bond donors (Lipinski definition) is 1. The molecule has 1 rings (SSSR count). The maximum atomic E-state index is 11.3. The van der Waals surface area contributed by atoms with E-state index in [9.17, 15) is 4.79 Å². The van der Waals surface area contributed by atoms with E-state index in [1.54, 1.807) is 0 Å². The van der Waals surface area contributed by atoms with E-state index in [1.165, 1.54) is 19.3 Å². The van der Waals surface area contributed by atoms with E-state index < -0.39 is 0 Å². The fraction of sp³-hybridized carbons (Fsp3) is 0.909. The molecule has 1 aliphatic heterocycles. The van der Waals surface area contributed by atoms with Gasteiger partial charge in [0, 0.05) is 12.5 Å². The molecule has 0 aliphatic carbocycles. The monoisotopic (exact) mass is 183 g/mol. The van der Waals surface area contributed by atoms with Crippen LogP contribution in [0.5, 0.6) is 0 Å². The minimum atomic E-state index is 0.287. The maximum Gasteiger partial charge on any atom is 0.223 e. The number of nitrogens with one attached hydrogen (secondary N) is 1. The molecule has 1 aliphatic rings. The van der Waals surface area contributed by atoms with Gasteiger partial charge in [-0.2, -0.15) is 0 Å². The van der Waals surface area contributed by atoms with E-state index in [4.69, 9.17) is 0 Å². The minimum absolute atomic E-state index is 0.287. The van der Waals surface area contributed by atoms with E-state index in [2.05, 4.69) is 19.2 Å². The largest absolute Gasteiger partial charge is 0.356 e. The van der Waals surface area contributed by atoms with Gasteiger partial charge in [0.25, 0.3) is 0 Å². The lowest BCUT2D eigenvalue weighted by atomic mass is 9.88. The molecule has 2 atom stereocenters. The molecule has 2 heteroatoms. The quantitative estimate of drug-likeness (QED) is 0.696. The number of carbonyl (C=O) groups excluding carboxylic acids is 1. The van der Waals surface area contributed by atoms with Crippen LogP contribution < -0.4 is 5.32 Å². The van der Waals surface area contributed by atoms with Gasteiger partial charge in [-0.3, -0.25) is 4.79 Å². The summed E-state index contributed by atoms with van der Waals surface area (Å²) in [4.78, 5) is 11.3. The average molecular weight is 183 g/mol. The number of amides is 1. The van der Waals surface area contributed by atoms with Crippen LogP contribution in [0.15, 0.2) is 0 Å². The summed E-state index contributed by atoms with van der Waals surface area (Å²) in [5.74, 6) is 1.37. The second-order valence-corrected chi connectivity index (χ2v) is 4.08. The van der Waals surface area contributed by atoms with Gasteiger partial charge in [0.2, 0.25) is 5.91 Å². The van der Waals surface area contributed by atoms with Gasteiger partial charge in [-0.05, 0) is 18.8 Å². The lowest BCUT2D eigenvalue weighted by Gasteiger charge is -2.16. The van der Waals surface area contributed by atoms with Gasteiger partial charge in [0.1, 0.15) is 0 Å². The summed E-state index contributed by atoms with van der Waals surface area (Å²) < 4.78 is 0. The normalized spacial score (nSPS) is 24.5. The summed E-state index contributed by atoms with van der Waals surface area (Å²) in [7, 11) is 0. The van der Waals surface area contributed by atoms with Crippen LogP contribution in [0, 0.1) is 11.8 Å². The fourth-order valence-electron chi connectivity index (χ4n) is 2.17. The molecular weight excluding hydrogens is 162 g/mol. The molecule has 1 N–H and O–H groups in total. The Bertz CT molecular complexity index is 167. The molecule has 0 aromatic rings. The van der Waals surface area contributed by atoms with Crippen LogP contribution in [0.25, 0.3) is 0 Å². The molecule has 2 nitrogen and oxygen atoms in total. The second kappa shape index (κ2) is 5.25. The third-order valence-electron chi connectivity index (χ3n) is 3.05. The second-order valence-electron chi connectivity index (χ2n) is 4.08. The van der Waals surface area contributed by atoms with Crippen molar-refractivity contribution in [1.82, 2.24) is 5.32 Å². The summed E-state index contributed by atoms with van der Waals surface area (Å²) in [5, 5.41) is 2.90. The van der Waals surface area contributed by atoms with E-state index in [1.807, 2.05) is 0 Å². The zero-order valence-electron chi connectivity index (χ0n) is 8.81. The van der Waals surface area contributed by atoms with E-state index in [0.29, 0.717) is 5.92 Å². The number of hydrogen-bond acceptors (Lipinski definition) is 1. The molecule has 0 aromatic carbocycles. The first kappa shape index (κ1) is 10.6. The molecule has 1 saturated heterocycles. The molecule has 1 heterocycles. The molecule has 0 aromatic heterocycles. The van der Waals surface area contributed by atoms with Crippen molar-refractivity contribution < 1.29 is 4.79 Å². The topological polar surface area (TPSA) is 29.1 Å². The van der Waals surface area contributed by atoms with Gasteiger partial charge in [-0.25, -0.2) is 0 Å². The van der Waals surface area contributed by atoms with Crippen molar-refractivity contribution in [2.45, 2.75) is 46.0 Å². The summed E-state index contributed by atoms with van der Waals surface area (Å²) >= 11 is 0. The van der Waals surface area contributed by atoms with Crippen LogP contribution in [-0.2, 0) is 4.79 Å². The van der Waals surface area contributed by atoms with Crippen LogP contribution >= 0.6 is 0 Å².